The quantitative estimate of drug-likeness (QED) is 0.664. The number of amides is 1. The minimum atomic E-state index is -0.466. The molecule has 1 aliphatic rings. The highest BCUT2D eigenvalue weighted by molar-refractivity contribution is 7.99. The molecule has 0 saturated heterocycles. The van der Waals surface area contributed by atoms with E-state index < -0.39 is 6.10 Å². The normalized spacial score (nSPS) is 15.1. The number of fused-ring (bicyclic) bond motifs is 1. The maximum Gasteiger partial charge on any atom is 0.265 e. The summed E-state index contributed by atoms with van der Waals surface area (Å²) in [6.07, 6.45) is 0.148. The first-order chi connectivity index (χ1) is 13.1. The van der Waals surface area contributed by atoms with Crippen molar-refractivity contribution in [3.05, 3.63) is 83.4 Å². The molecule has 1 heterocycles. The third kappa shape index (κ3) is 4.01. The zero-order valence-corrected chi connectivity index (χ0v) is 16.2. The van der Waals surface area contributed by atoms with Crippen molar-refractivity contribution in [3.63, 3.8) is 0 Å². The Labute approximate surface area is 163 Å². The van der Waals surface area contributed by atoms with E-state index in [1.165, 1.54) is 16.0 Å². The standard InChI is InChI=1S/C23H21NO2S/c1-15-7-12-22(16(2)13-15)27-19-10-8-18(9-11-19)24-23(25)21-14-17-5-3-4-6-20(17)26-21/h3-13,21H,14H2,1-2H3,(H,24,25). The molecule has 1 N–H and O–H groups in total. The summed E-state index contributed by atoms with van der Waals surface area (Å²) in [4.78, 5) is 14.9. The highest BCUT2D eigenvalue weighted by Crippen LogP contribution is 2.32. The number of carbonyl (C=O) groups excluding carboxylic acids is 1. The molecule has 4 heteroatoms. The fraction of sp³-hybridized carbons (Fsp3) is 0.174. The maximum atomic E-state index is 12.5. The van der Waals surface area contributed by atoms with Gasteiger partial charge in [0.25, 0.3) is 5.91 Å². The zero-order chi connectivity index (χ0) is 18.8. The van der Waals surface area contributed by atoms with Crippen molar-refractivity contribution in [1.29, 1.82) is 0 Å². The van der Waals surface area contributed by atoms with Gasteiger partial charge in [-0.1, -0.05) is 47.7 Å². The summed E-state index contributed by atoms with van der Waals surface area (Å²) >= 11 is 1.73. The van der Waals surface area contributed by atoms with Crippen LogP contribution in [0, 0.1) is 13.8 Å². The van der Waals surface area contributed by atoms with E-state index in [0.717, 1.165) is 21.9 Å². The van der Waals surface area contributed by atoms with Gasteiger partial charge in [-0.3, -0.25) is 4.79 Å². The third-order valence-electron chi connectivity index (χ3n) is 4.62. The minimum absolute atomic E-state index is 0.110. The van der Waals surface area contributed by atoms with Crippen LogP contribution in [0.25, 0.3) is 0 Å². The Balaban J connectivity index is 1.39. The van der Waals surface area contributed by atoms with Gasteiger partial charge < -0.3 is 10.1 Å². The summed E-state index contributed by atoms with van der Waals surface area (Å²) < 4.78 is 5.75. The van der Waals surface area contributed by atoms with Crippen molar-refractivity contribution < 1.29 is 9.53 Å². The van der Waals surface area contributed by atoms with Crippen LogP contribution in [0.1, 0.15) is 16.7 Å². The monoisotopic (exact) mass is 375 g/mol. The lowest BCUT2D eigenvalue weighted by Gasteiger charge is -2.12. The van der Waals surface area contributed by atoms with Crippen molar-refractivity contribution in [1.82, 2.24) is 0 Å². The fourth-order valence-electron chi connectivity index (χ4n) is 3.20. The largest absolute Gasteiger partial charge is 0.480 e. The number of carbonyl (C=O) groups is 1. The Bertz CT molecular complexity index is 957. The molecule has 3 aromatic rings. The molecule has 0 radical (unpaired) electrons. The van der Waals surface area contributed by atoms with Crippen LogP contribution in [0.2, 0.25) is 0 Å². The molecule has 27 heavy (non-hydrogen) atoms. The Morgan fingerprint density at radius 1 is 1.04 bits per heavy atom. The van der Waals surface area contributed by atoms with Gasteiger partial charge in [0.05, 0.1) is 0 Å². The second-order valence-electron chi connectivity index (χ2n) is 6.80. The summed E-state index contributed by atoms with van der Waals surface area (Å²) in [5, 5.41) is 2.96. The molecular formula is C23H21NO2S. The highest BCUT2D eigenvalue weighted by atomic mass is 32.2. The van der Waals surface area contributed by atoms with Crippen LogP contribution in [0.15, 0.2) is 76.5 Å². The Kier molecular flexibility index (Phi) is 4.90. The molecule has 1 atom stereocenters. The Morgan fingerprint density at radius 3 is 2.56 bits per heavy atom. The summed E-state index contributed by atoms with van der Waals surface area (Å²) in [6, 6.07) is 22.2. The van der Waals surface area contributed by atoms with Gasteiger partial charge in [0.1, 0.15) is 5.75 Å². The number of benzene rings is 3. The van der Waals surface area contributed by atoms with Crippen molar-refractivity contribution in [2.24, 2.45) is 0 Å². The van der Waals surface area contributed by atoms with Crippen LogP contribution in [0.5, 0.6) is 5.75 Å². The molecule has 0 fully saturated rings. The number of aryl methyl sites for hydroxylation is 2. The smallest absolute Gasteiger partial charge is 0.265 e. The molecule has 4 rings (SSSR count). The number of anilines is 1. The van der Waals surface area contributed by atoms with E-state index in [1.807, 2.05) is 48.5 Å². The van der Waals surface area contributed by atoms with Gasteiger partial charge >= 0.3 is 0 Å². The van der Waals surface area contributed by atoms with Crippen LogP contribution in [0.3, 0.4) is 0 Å². The highest BCUT2D eigenvalue weighted by Gasteiger charge is 2.28. The van der Waals surface area contributed by atoms with Gasteiger partial charge in [-0.2, -0.15) is 0 Å². The fourth-order valence-corrected chi connectivity index (χ4v) is 4.08. The number of nitrogens with one attached hydrogen (secondary N) is 1. The van der Waals surface area contributed by atoms with Gasteiger partial charge in [-0.15, -0.1) is 0 Å². The topological polar surface area (TPSA) is 38.3 Å². The van der Waals surface area contributed by atoms with Crippen molar-refractivity contribution in [3.8, 4) is 5.75 Å². The average molecular weight is 375 g/mol. The van der Waals surface area contributed by atoms with Crippen LogP contribution >= 0.6 is 11.8 Å². The predicted molar refractivity (Wildman–Crippen MR) is 110 cm³/mol. The van der Waals surface area contributed by atoms with Gasteiger partial charge in [0.2, 0.25) is 0 Å². The van der Waals surface area contributed by atoms with E-state index in [0.29, 0.717) is 6.42 Å². The molecule has 1 aliphatic heterocycles. The molecule has 0 bridgehead atoms. The van der Waals surface area contributed by atoms with Gasteiger partial charge in [0, 0.05) is 21.9 Å². The lowest BCUT2D eigenvalue weighted by Crippen LogP contribution is -2.31. The molecule has 0 spiro atoms. The second-order valence-corrected chi connectivity index (χ2v) is 7.92. The van der Waals surface area contributed by atoms with Gasteiger partial charge in [0.15, 0.2) is 6.10 Å². The third-order valence-corrected chi connectivity index (χ3v) is 5.81. The van der Waals surface area contributed by atoms with Crippen molar-refractivity contribution >= 4 is 23.4 Å². The number of ether oxygens (including phenoxy) is 1. The molecule has 0 aliphatic carbocycles. The van der Waals surface area contributed by atoms with Crippen LogP contribution in [-0.4, -0.2) is 12.0 Å². The summed E-state index contributed by atoms with van der Waals surface area (Å²) in [5.74, 6) is 0.693. The Hall–Kier alpha value is -2.72. The van der Waals surface area contributed by atoms with Crippen molar-refractivity contribution in [2.75, 3.05) is 5.32 Å². The first-order valence-corrected chi connectivity index (χ1v) is 9.81. The SMILES string of the molecule is Cc1ccc(Sc2ccc(NC(=O)C3Cc4ccccc4O3)cc2)c(C)c1. The van der Waals surface area contributed by atoms with Crippen LogP contribution in [-0.2, 0) is 11.2 Å². The van der Waals surface area contributed by atoms with Gasteiger partial charge in [-0.25, -0.2) is 0 Å². The number of hydrogen-bond acceptors (Lipinski definition) is 3. The Morgan fingerprint density at radius 2 is 1.81 bits per heavy atom. The molecule has 0 aromatic heterocycles. The lowest BCUT2D eigenvalue weighted by molar-refractivity contribution is -0.122. The van der Waals surface area contributed by atoms with E-state index in [9.17, 15) is 4.79 Å². The predicted octanol–water partition coefficient (Wildman–Crippen LogP) is 5.40. The molecule has 136 valence electrons. The minimum Gasteiger partial charge on any atom is -0.480 e. The van der Waals surface area contributed by atoms with Gasteiger partial charge in [-0.05, 0) is 61.4 Å². The average Bonchev–Trinajstić information content (AvgIpc) is 3.10. The molecular weight excluding hydrogens is 354 g/mol. The van der Waals surface area contributed by atoms with E-state index >= 15 is 0 Å². The first kappa shape index (κ1) is 17.7. The molecule has 1 amide bonds. The lowest BCUT2D eigenvalue weighted by atomic mass is 10.1. The molecule has 0 saturated carbocycles. The maximum absolute atomic E-state index is 12.5. The molecule has 1 unspecified atom stereocenters. The van der Waals surface area contributed by atoms with Crippen molar-refractivity contribution in [2.45, 2.75) is 36.2 Å². The number of rotatable bonds is 4. The van der Waals surface area contributed by atoms with E-state index in [-0.39, 0.29) is 5.91 Å². The second kappa shape index (κ2) is 7.49. The van der Waals surface area contributed by atoms with Crippen LogP contribution in [0.4, 0.5) is 5.69 Å². The summed E-state index contributed by atoms with van der Waals surface area (Å²) in [6.45, 7) is 4.23. The number of para-hydroxylation sites is 1. The van der Waals surface area contributed by atoms with E-state index in [2.05, 4.69) is 37.4 Å². The van der Waals surface area contributed by atoms with E-state index in [4.69, 9.17) is 4.74 Å². The van der Waals surface area contributed by atoms with E-state index in [1.54, 1.807) is 11.8 Å². The summed E-state index contributed by atoms with van der Waals surface area (Å²) in [7, 11) is 0. The molecule has 3 aromatic carbocycles. The zero-order valence-electron chi connectivity index (χ0n) is 15.4. The first-order valence-electron chi connectivity index (χ1n) is 8.99. The van der Waals surface area contributed by atoms with Crippen LogP contribution < -0.4 is 10.1 Å². The number of hydrogen-bond donors (Lipinski definition) is 1. The summed E-state index contributed by atoms with van der Waals surface area (Å²) in [5.41, 5.74) is 4.41. The molecule has 3 nitrogen and oxygen atoms in total.